The number of aliphatic hydroxyl groups is 2. The number of rotatable bonds is 2. The Morgan fingerprint density at radius 3 is 2.00 bits per heavy atom. The Bertz CT molecular complexity index is 229. The molecule has 2 aliphatic carbocycles. The van der Waals surface area contributed by atoms with E-state index in [9.17, 15) is 10.2 Å². The van der Waals surface area contributed by atoms with E-state index in [4.69, 9.17) is 0 Å². The molecule has 3 unspecified atom stereocenters. The molecular weight excluding hydrogens is 212 g/mol. The van der Waals surface area contributed by atoms with E-state index in [1.807, 2.05) is 0 Å². The molecule has 100 valence electrons. The van der Waals surface area contributed by atoms with E-state index < -0.39 is 0 Å². The Hall–Kier alpha value is -0.0800. The van der Waals surface area contributed by atoms with Gasteiger partial charge in [-0.1, -0.05) is 25.7 Å². The first-order valence-corrected chi connectivity index (χ1v) is 7.50. The third-order valence-electron chi connectivity index (χ3n) is 5.10. The summed E-state index contributed by atoms with van der Waals surface area (Å²) in [5.74, 6) is 1.05. The van der Waals surface area contributed by atoms with Crippen molar-refractivity contribution in [2.75, 3.05) is 13.2 Å². The van der Waals surface area contributed by atoms with Crippen LogP contribution in [0.25, 0.3) is 0 Å². The molecule has 0 aromatic carbocycles. The molecule has 3 atom stereocenters. The number of hydrogen-bond donors (Lipinski definition) is 2. The van der Waals surface area contributed by atoms with Crippen LogP contribution in [-0.2, 0) is 0 Å². The summed E-state index contributed by atoms with van der Waals surface area (Å²) in [5, 5.41) is 18.9. The monoisotopic (exact) mass is 240 g/mol. The maximum atomic E-state index is 9.50. The molecule has 0 bridgehead atoms. The van der Waals surface area contributed by atoms with Crippen LogP contribution < -0.4 is 0 Å². The van der Waals surface area contributed by atoms with Crippen LogP contribution in [0, 0.1) is 17.3 Å². The Kier molecular flexibility index (Phi) is 4.87. The lowest BCUT2D eigenvalue weighted by Gasteiger charge is -2.44. The molecule has 17 heavy (non-hydrogen) atoms. The highest BCUT2D eigenvalue weighted by atomic mass is 16.3. The number of hydrogen-bond acceptors (Lipinski definition) is 2. The SMILES string of the molecule is OCC1CCCCCC2(CCCC(CO)C2)C1. The molecule has 0 aliphatic heterocycles. The molecule has 2 N–H and O–H groups in total. The predicted molar refractivity (Wildman–Crippen MR) is 69.8 cm³/mol. The van der Waals surface area contributed by atoms with Crippen LogP contribution in [0.15, 0.2) is 0 Å². The van der Waals surface area contributed by atoms with Gasteiger partial charge in [0, 0.05) is 13.2 Å². The van der Waals surface area contributed by atoms with E-state index in [-0.39, 0.29) is 0 Å². The van der Waals surface area contributed by atoms with Gasteiger partial charge in [-0.05, 0) is 55.8 Å². The predicted octanol–water partition coefficient (Wildman–Crippen LogP) is 3.12. The minimum atomic E-state index is 0.367. The van der Waals surface area contributed by atoms with E-state index in [2.05, 4.69) is 0 Å². The van der Waals surface area contributed by atoms with Crippen molar-refractivity contribution in [2.24, 2.45) is 17.3 Å². The number of aliphatic hydroxyl groups excluding tert-OH is 2. The van der Waals surface area contributed by atoms with Crippen LogP contribution in [0.5, 0.6) is 0 Å². The third kappa shape index (κ3) is 3.45. The highest BCUT2D eigenvalue weighted by molar-refractivity contribution is 4.89. The van der Waals surface area contributed by atoms with Crippen LogP contribution in [0.2, 0.25) is 0 Å². The Morgan fingerprint density at radius 1 is 0.765 bits per heavy atom. The highest BCUT2D eigenvalue weighted by Gasteiger charge is 2.37. The summed E-state index contributed by atoms with van der Waals surface area (Å²) in [7, 11) is 0. The van der Waals surface area contributed by atoms with Gasteiger partial charge in [0.25, 0.3) is 0 Å². The van der Waals surface area contributed by atoms with Crippen molar-refractivity contribution >= 4 is 0 Å². The molecule has 2 nitrogen and oxygen atoms in total. The van der Waals surface area contributed by atoms with Gasteiger partial charge >= 0.3 is 0 Å². The minimum Gasteiger partial charge on any atom is -0.396 e. The van der Waals surface area contributed by atoms with Crippen molar-refractivity contribution in [2.45, 2.75) is 64.2 Å². The highest BCUT2D eigenvalue weighted by Crippen LogP contribution is 2.48. The fourth-order valence-corrected chi connectivity index (χ4v) is 4.23. The molecule has 2 aliphatic rings. The van der Waals surface area contributed by atoms with Gasteiger partial charge in [-0.3, -0.25) is 0 Å². The van der Waals surface area contributed by atoms with Gasteiger partial charge in [-0.2, -0.15) is 0 Å². The minimum absolute atomic E-state index is 0.367. The normalized spacial score (nSPS) is 39.9. The summed E-state index contributed by atoms with van der Waals surface area (Å²) in [4.78, 5) is 0. The zero-order chi connectivity index (χ0) is 12.1. The van der Waals surface area contributed by atoms with Crippen molar-refractivity contribution < 1.29 is 10.2 Å². The van der Waals surface area contributed by atoms with E-state index >= 15 is 0 Å². The Balaban J connectivity index is 2.02. The fourth-order valence-electron chi connectivity index (χ4n) is 4.23. The van der Waals surface area contributed by atoms with Gasteiger partial charge in [-0.15, -0.1) is 0 Å². The topological polar surface area (TPSA) is 40.5 Å². The summed E-state index contributed by atoms with van der Waals surface area (Å²) in [6.07, 6.45) is 12.8. The maximum absolute atomic E-state index is 9.50. The molecule has 2 rings (SSSR count). The zero-order valence-corrected chi connectivity index (χ0v) is 11.0. The summed E-state index contributed by atoms with van der Waals surface area (Å²) in [6, 6.07) is 0. The quantitative estimate of drug-likeness (QED) is 0.778. The van der Waals surface area contributed by atoms with E-state index in [0.717, 1.165) is 0 Å². The van der Waals surface area contributed by atoms with Crippen molar-refractivity contribution in [3.63, 3.8) is 0 Å². The maximum Gasteiger partial charge on any atom is 0.0459 e. The Morgan fingerprint density at radius 2 is 1.35 bits per heavy atom. The zero-order valence-electron chi connectivity index (χ0n) is 11.0. The molecule has 0 aromatic heterocycles. The average Bonchev–Trinajstić information content (AvgIpc) is 2.34. The molecule has 0 amide bonds. The third-order valence-corrected chi connectivity index (χ3v) is 5.10. The first-order valence-electron chi connectivity index (χ1n) is 7.50. The molecular formula is C15H28O2. The first kappa shape index (κ1) is 13.4. The first-order chi connectivity index (χ1) is 8.28. The van der Waals surface area contributed by atoms with Crippen molar-refractivity contribution in [3.05, 3.63) is 0 Å². The van der Waals surface area contributed by atoms with E-state index in [1.54, 1.807) is 0 Å². The second kappa shape index (κ2) is 6.19. The van der Waals surface area contributed by atoms with Crippen LogP contribution in [0.1, 0.15) is 64.2 Å². The van der Waals surface area contributed by atoms with Gasteiger partial charge in [-0.25, -0.2) is 0 Å². The van der Waals surface area contributed by atoms with Crippen molar-refractivity contribution in [1.29, 1.82) is 0 Å². The summed E-state index contributed by atoms with van der Waals surface area (Å²) < 4.78 is 0. The molecule has 2 heteroatoms. The Labute approximate surface area is 105 Å². The lowest BCUT2D eigenvalue weighted by molar-refractivity contribution is 0.0407. The average molecular weight is 240 g/mol. The molecule has 0 aromatic rings. The lowest BCUT2D eigenvalue weighted by Crippen LogP contribution is -2.34. The van der Waals surface area contributed by atoms with E-state index in [1.165, 1.54) is 64.2 Å². The molecule has 0 radical (unpaired) electrons. The lowest BCUT2D eigenvalue weighted by atomic mass is 9.62. The van der Waals surface area contributed by atoms with Crippen LogP contribution in [-0.4, -0.2) is 23.4 Å². The summed E-state index contributed by atoms with van der Waals surface area (Å²) >= 11 is 0. The summed E-state index contributed by atoms with van der Waals surface area (Å²) in [6.45, 7) is 0.733. The molecule has 0 saturated heterocycles. The smallest absolute Gasteiger partial charge is 0.0459 e. The van der Waals surface area contributed by atoms with Gasteiger partial charge < -0.3 is 10.2 Å². The van der Waals surface area contributed by atoms with Gasteiger partial charge in [0.2, 0.25) is 0 Å². The molecule has 2 fully saturated rings. The largest absolute Gasteiger partial charge is 0.396 e. The molecule has 2 saturated carbocycles. The van der Waals surface area contributed by atoms with Gasteiger partial charge in [0.1, 0.15) is 0 Å². The van der Waals surface area contributed by atoms with Crippen LogP contribution >= 0.6 is 0 Å². The standard InChI is InChI=1S/C15H28O2/c16-11-13-5-2-1-3-7-15(9-13)8-4-6-14(10-15)12-17/h13-14,16-17H,1-12H2. The van der Waals surface area contributed by atoms with E-state index in [0.29, 0.717) is 30.5 Å². The molecule has 1 spiro atoms. The second-order valence-corrected chi connectivity index (χ2v) is 6.50. The van der Waals surface area contributed by atoms with Gasteiger partial charge in [0.05, 0.1) is 0 Å². The van der Waals surface area contributed by atoms with Crippen LogP contribution in [0.4, 0.5) is 0 Å². The van der Waals surface area contributed by atoms with Gasteiger partial charge in [0.15, 0.2) is 0 Å². The fraction of sp³-hybridized carbons (Fsp3) is 1.00. The summed E-state index contributed by atoms with van der Waals surface area (Å²) in [5.41, 5.74) is 0.458. The van der Waals surface area contributed by atoms with Crippen molar-refractivity contribution in [3.8, 4) is 0 Å². The molecule has 0 heterocycles. The van der Waals surface area contributed by atoms with Crippen molar-refractivity contribution in [1.82, 2.24) is 0 Å². The van der Waals surface area contributed by atoms with Crippen LogP contribution in [0.3, 0.4) is 0 Å². The second-order valence-electron chi connectivity index (χ2n) is 6.50.